The highest BCUT2D eigenvalue weighted by Gasteiger charge is 2.29. The highest BCUT2D eigenvalue weighted by atomic mass is 16.5. The molecule has 124 valence electrons. The van der Waals surface area contributed by atoms with Crippen LogP contribution in [0.25, 0.3) is 0 Å². The van der Waals surface area contributed by atoms with E-state index in [0.717, 1.165) is 18.5 Å². The quantitative estimate of drug-likeness (QED) is 0.732. The van der Waals surface area contributed by atoms with Crippen molar-refractivity contribution in [1.29, 1.82) is 5.26 Å². The van der Waals surface area contributed by atoms with E-state index in [1.165, 1.54) is 12.4 Å². The lowest BCUT2D eigenvalue weighted by atomic mass is 10.3. The van der Waals surface area contributed by atoms with E-state index in [0.29, 0.717) is 29.2 Å². The lowest BCUT2D eigenvalue weighted by Crippen LogP contribution is -1.98. The van der Waals surface area contributed by atoms with Crippen molar-refractivity contribution in [3.63, 3.8) is 0 Å². The highest BCUT2D eigenvalue weighted by Crippen LogP contribution is 2.38. The van der Waals surface area contributed by atoms with Gasteiger partial charge in [0.1, 0.15) is 17.6 Å². The predicted octanol–water partition coefficient (Wildman–Crippen LogP) is 2.93. The van der Waals surface area contributed by atoms with Crippen LogP contribution in [-0.2, 0) is 6.61 Å². The van der Waals surface area contributed by atoms with E-state index in [4.69, 9.17) is 14.5 Å². The molecule has 2 heterocycles. The lowest BCUT2D eigenvalue weighted by Gasteiger charge is -2.07. The van der Waals surface area contributed by atoms with E-state index < -0.39 is 0 Å². The molecule has 0 bridgehead atoms. The van der Waals surface area contributed by atoms with E-state index in [1.54, 1.807) is 0 Å². The van der Waals surface area contributed by atoms with Crippen LogP contribution in [0.4, 0.5) is 11.5 Å². The summed E-state index contributed by atoms with van der Waals surface area (Å²) >= 11 is 0. The molecule has 1 aliphatic carbocycles. The fraction of sp³-hybridized carbons (Fsp3) is 0.235. The normalized spacial score (nSPS) is 13.2. The van der Waals surface area contributed by atoms with Crippen molar-refractivity contribution in [3.8, 4) is 11.8 Å². The van der Waals surface area contributed by atoms with Gasteiger partial charge in [0.25, 0.3) is 0 Å². The summed E-state index contributed by atoms with van der Waals surface area (Å²) in [6, 6.07) is 9.32. The van der Waals surface area contributed by atoms with Gasteiger partial charge in [0.15, 0.2) is 12.3 Å². The molecule has 8 heteroatoms. The lowest BCUT2D eigenvalue weighted by molar-refractivity contribution is 0.285. The molecule has 1 aromatic carbocycles. The average Bonchev–Trinajstić information content (AvgIpc) is 3.40. The third kappa shape index (κ3) is 3.72. The molecule has 25 heavy (non-hydrogen) atoms. The number of benzene rings is 1. The van der Waals surface area contributed by atoms with Crippen molar-refractivity contribution in [2.24, 2.45) is 0 Å². The zero-order chi connectivity index (χ0) is 17.1. The van der Waals surface area contributed by atoms with Crippen molar-refractivity contribution >= 4 is 11.5 Å². The molecule has 0 aliphatic heterocycles. The van der Waals surface area contributed by atoms with Crippen molar-refractivity contribution in [2.75, 3.05) is 5.32 Å². The van der Waals surface area contributed by atoms with Gasteiger partial charge in [-0.15, -0.1) is 0 Å². The first-order chi connectivity index (χ1) is 12.3. The Bertz CT molecular complexity index is 894. The van der Waals surface area contributed by atoms with Crippen LogP contribution < -0.4 is 10.1 Å². The molecule has 1 fully saturated rings. The summed E-state index contributed by atoms with van der Waals surface area (Å²) in [7, 11) is 0. The first-order valence-corrected chi connectivity index (χ1v) is 7.84. The number of nitrogens with zero attached hydrogens (tertiary/aromatic N) is 5. The summed E-state index contributed by atoms with van der Waals surface area (Å²) in [6.45, 7) is 0.268. The number of hydrogen-bond acceptors (Lipinski definition) is 8. The van der Waals surface area contributed by atoms with E-state index in [-0.39, 0.29) is 12.3 Å². The fourth-order valence-electron chi connectivity index (χ4n) is 2.20. The Morgan fingerprint density at radius 2 is 2.04 bits per heavy atom. The molecule has 1 saturated carbocycles. The van der Waals surface area contributed by atoms with Gasteiger partial charge in [-0.1, -0.05) is 5.16 Å². The van der Waals surface area contributed by atoms with Gasteiger partial charge in [-0.2, -0.15) is 10.2 Å². The molecule has 4 rings (SSSR count). The predicted molar refractivity (Wildman–Crippen MR) is 87.1 cm³/mol. The van der Waals surface area contributed by atoms with Crippen LogP contribution >= 0.6 is 0 Å². The van der Waals surface area contributed by atoms with E-state index in [9.17, 15) is 0 Å². The highest BCUT2D eigenvalue weighted by molar-refractivity contribution is 5.56. The maximum absolute atomic E-state index is 8.71. The molecule has 0 radical (unpaired) electrons. The molecule has 1 aliphatic rings. The van der Waals surface area contributed by atoms with Gasteiger partial charge in [0.05, 0.1) is 12.4 Å². The van der Waals surface area contributed by atoms with Crippen LogP contribution in [0.15, 0.2) is 41.2 Å². The molecule has 0 unspecified atom stereocenters. The summed E-state index contributed by atoms with van der Waals surface area (Å²) in [4.78, 5) is 12.4. The van der Waals surface area contributed by atoms with Crippen molar-refractivity contribution in [2.45, 2.75) is 25.4 Å². The van der Waals surface area contributed by atoms with E-state index >= 15 is 0 Å². The molecule has 2 aromatic heterocycles. The van der Waals surface area contributed by atoms with Crippen LogP contribution in [0.5, 0.6) is 5.75 Å². The molecule has 0 atom stereocenters. The topological polar surface area (TPSA) is 110 Å². The van der Waals surface area contributed by atoms with Crippen molar-refractivity contribution in [1.82, 2.24) is 20.1 Å². The van der Waals surface area contributed by atoms with Gasteiger partial charge >= 0.3 is 0 Å². The first kappa shape index (κ1) is 15.1. The number of anilines is 2. The second kappa shape index (κ2) is 6.57. The Hall–Kier alpha value is -3.47. The molecule has 1 N–H and O–H groups in total. The molecule has 3 aromatic rings. The van der Waals surface area contributed by atoms with Crippen LogP contribution in [0.2, 0.25) is 0 Å². The van der Waals surface area contributed by atoms with Crippen LogP contribution in [0, 0.1) is 11.3 Å². The molecular weight excluding hydrogens is 320 g/mol. The fourth-order valence-corrected chi connectivity index (χ4v) is 2.20. The minimum absolute atomic E-state index is 0.268. The summed E-state index contributed by atoms with van der Waals surface area (Å²) in [5.41, 5.74) is 1.11. The number of nitriles is 1. The monoisotopic (exact) mass is 334 g/mol. The summed E-state index contributed by atoms with van der Waals surface area (Å²) in [5.74, 6) is 2.97. The zero-order valence-corrected chi connectivity index (χ0v) is 13.2. The Morgan fingerprint density at radius 1 is 1.20 bits per heavy atom. The van der Waals surface area contributed by atoms with Gasteiger partial charge < -0.3 is 14.6 Å². The minimum atomic E-state index is 0.268. The zero-order valence-electron chi connectivity index (χ0n) is 13.2. The van der Waals surface area contributed by atoms with Crippen molar-refractivity contribution < 1.29 is 9.26 Å². The Labute approximate surface area is 143 Å². The number of aromatic nitrogens is 4. The first-order valence-electron chi connectivity index (χ1n) is 7.84. The smallest absolute Gasteiger partial charge is 0.229 e. The Morgan fingerprint density at radius 3 is 2.72 bits per heavy atom. The Kier molecular flexibility index (Phi) is 3.96. The third-order valence-electron chi connectivity index (χ3n) is 3.67. The third-order valence-corrected chi connectivity index (χ3v) is 3.67. The second-order valence-corrected chi connectivity index (χ2v) is 5.66. The average molecular weight is 334 g/mol. The largest absolute Gasteiger partial charge is 0.485 e. The van der Waals surface area contributed by atoms with E-state index in [2.05, 4.69) is 25.4 Å². The van der Waals surface area contributed by atoms with Gasteiger partial charge in [-0.05, 0) is 37.1 Å². The van der Waals surface area contributed by atoms with Crippen LogP contribution in [0.1, 0.15) is 36.2 Å². The Balaban J connectivity index is 1.33. The van der Waals surface area contributed by atoms with Gasteiger partial charge in [-0.25, -0.2) is 9.97 Å². The number of hydrogen-bond donors (Lipinski definition) is 1. The minimum Gasteiger partial charge on any atom is -0.485 e. The molecule has 0 saturated heterocycles. The maximum Gasteiger partial charge on any atom is 0.229 e. The van der Waals surface area contributed by atoms with Gasteiger partial charge in [0.2, 0.25) is 11.7 Å². The molecule has 8 nitrogen and oxygen atoms in total. The van der Waals surface area contributed by atoms with Crippen LogP contribution in [0.3, 0.4) is 0 Å². The summed E-state index contributed by atoms with van der Waals surface area (Å²) in [5, 5.41) is 15.7. The van der Waals surface area contributed by atoms with E-state index in [1.807, 2.05) is 30.3 Å². The van der Waals surface area contributed by atoms with Crippen molar-refractivity contribution in [3.05, 3.63) is 54.1 Å². The standard InChI is InChI=1S/C17H14N6O2/c18-7-13-8-20-15(9-19-13)21-12-3-5-14(6-4-12)24-10-16-22-17(25-23-16)11-1-2-11/h3-6,8-9,11H,1-2,10H2,(H,20,21). The summed E-state index contributed by atoms with van der Waals surface area (Å²) < 4.78 is 10.9. The van der Waals surface area contributed by atoms with Gasteiger partial charge in [0, 0.05) is 11.6 Å². The number of nitrogens with one attached hydrogen (secondary N) is 1. The number of ether oxygens (including phenoxy) is 1. The van der Waals surface area contributed by atoms with Gasteiger partial charge in [-0.3, -0.25) is 0 Å². The second-order valence-electron chi connectivity index (χ2n) is 5.66. The maximum atomic E-state index is 8.71. The summed E-state index contributed by atoms with van der Waals surface area (Å²) in [6.07, 6.45) is 5.18. The number of rotatable bonds is 6. The SMILES string of the molecule is N#Cc1cnc(Nc2ccc(OCc3noc(C4CC4)n3)cc2)cn1. The molecular formula is C17H14N6O2. The van der Waals surface area contributed by atoms with Crippen LogP contribution in [-0.4, -0.2) is 20.1 Å². The molecule has 0 amide bonds. The molecule has 0 spiro atoms.